The van der Waals surface area contributed by atoms with Gasteiger partial charge < -0.3 is 4.79 Å². The molecule has 0 fully saturated rings. The van der Waals surface area contributed by atoms with Crippen molar-refractivity contribution in [1.29, 1.82) is 0 Å². The van der Waals surface area contributed by atoms with Gasteiger partial charge in [0.1, 0.15) is 6.29 Å². The van der Waals surface area contributed by atoms with Crippen LogP contribution in [0.3, 0.4) is 0 Å². The van der Waals surface area contributed by atoms with E-state index >= 15 is 0 Å². The summed E-state index contributed by atoms with van der Waals surface area (Å²) in [4.78, 5) is 10.3. The van der Waals surface area contributed by atoms with E-state index in [9.17, 15) is 4.79 Å². The Hall–Kier alpha value is -0.330. The SMILES string of the molecule is CCCCCCCC(C)CCC(C)CC=O. The molecule has 0 aliphatic carbocycles. The summed E-state index contributed by atoms with van der Waals surface area (Å²) in [5, 5.41) is 0. The van der Waals surface area contributed by atoms with Crippen molar-refractivity contribution in [2.75, 3.05) is 0 Å². The van der Waals surface area contributed by atoms with E-state index in [2.05, 4.69) is 20.8 Å². The lowest BCUT2D eigenvalue weighted by atomic mass is 9.92. The third-order valence-corrected chi connectivity index (χ3v) is 3.45. The molecule has 0 aliphatic heterocycles. The molecule has 0 N–H and O–H groups in total. The van der Waals surface area contributed by atoms with Crippen molar-refractivity contribution >= 4 is 6.29 Å². The summed E-state index contributed by atoms with van der Waals surface area (Å²) in [5.74, 6) is 1.43. The molecule has 2 unspecified atom stereocenters. The van der Waals surface area contributed by atoms with Crippen LogP contribution >= 0.6 is 0 Å². The van der Waals surface area contributed by atoms with Crippen molar-refractivity contribution in [3.05, 3.63) is 0 Å². The van der Waals surface area contributed by atoms with Crippen molar-refractivity contribution in [3.8, 4) is 0 Å². The summed E-state index contributed by atoms with van der Waals surface area (Å²) in [7, 11) is 0. The van der Waals surface area contributed by atoms with Crippen molar-refractivity contribution < 1.29 is 4.79 Å². The van der Waals surface area contributed by atoms with Crippen LogP contribution in [0.4, 0.5) is 0 Å². The Labute approximate surface area is 102 Å². The lowest BCUT2D eigenvalue weighted by Gasteiger charge is -2.13. The number of hydrogen-bond donors (Lipinski definition) is 0. The van der Waals surface area contributed by atoms with Crippen LogP contribution in [0.25, 0.3) is 0 Å². The largest absolute Gasteiger partial charge is 0.303 e. The van der Waals surface area contributed by atoms with Crippen LogP contribution in [-0.2, 0) is 4.79 Å². The van der Waals surface area contributed by atoms with Gasteiger partial charge in [-0.15, -0.1) is 0 Å². The molecule has 1 heteroatoms. The molecule has 0 aromatic heterocycles. The fourth-order valence-electron chi connectivity index (χ4n) is 2.09. The fourth-order valence-corrected chi connectivity index (χ4v) is 2.09. The lowest BCUT2D eigenvalue weighted by molar-refractivity contribution is -0.108. The zero-order chi connectivity index (χ0) is 12.2. The van der Waals surface area contributed by atoms with Gasteiger partial charge in [0.05, 0.1) is 0 Å². The summed E-state index contributed by atoms with van der Waals surface area (Å²) in [6.45, 7) is 6.80. The lowest BCUT2D eigenvalue weighted by Crippen LogP contribution is -2.01. The molecule has 0 spiro atoms. The highest BCUT2D eigenvalue weighted by Crippen LogP contribution is 2.19. The van der Waals surface area contributed by atoms with E-state index in [0.717, 1.165) is 18.6 Å². The maximum Gasteiger partial charge on any atom is 0.120 e. The van der Waals surface area contributed by atoms with E-state index in [1.54, 1.807) is 0 Å². The summed E-state index contributed by atoms with van der Waals surface area (Å²) in [6.07, 6.45) is 12.6. The van der Waals surface area contributed by atoms with Crippen LogP contribution in [0, 0.1) is 11.8 Å². The molecule has 0 rings (SSSR count). The van der Waals surface area contributed by atoms with E-state index in [4.69, 9.17) is 0 Å². The monoisotopic (exact) mass is 226 g/mol. The van der Waals surface area contributed by atoms with E-state index in [0.29, 0.717) is 5.92 Å². The third kappa shape index (κ3) is 10.2. The topological polar surface area (TPSA) is 17.1 Å². The first-order valence-corrected chi connectivity index (χ1v) is 7.14. The zero-order valence-corrected chi connectivity index (χ0v) is 11.5. The summed E-state index contributed by atoms with van der Waals surface area (Å²) in [6, 6.07) is 0. The van der Waals surface area contributed by atoms with Gasteiger partial charge >= 0.3 is 0 Å². The normalized spacial score (nSPS) is 14.7. The molecule has 0 heterocycles. The van der Waals surface area contributed by atoms with E-state index in [1.165, 1.54) is 51.4 Å². The van der Waals surface area contributed by atoms with Gasteiger partial charge in [-0.25, -0.2) is 0 Å². The standard InChI is InChI=1S/C15H30O/c1-4-5-6-7-8-9-14(2)10-11-15(3)12-13-16/h13-15H,4-12H2,1-3H3. The minimum Gasteiger partial charge on any atom is -0.303 e. The van der Waals surface area contributed by atoms with Gasteiger partial charge in [0.25, 0.3) is 0 Å². The number of hydrogen-bond acceptors (Lipinski definition) is 1. The van der Waals surface area contributed by atoms with E-state index < -0.39 is 0 Å². The first-order valence-electron chi connectivity index (χ1n) is 7.14. The van der Waals surface area contributed by atoms with Crippen molar-refractivity contribution in [2.24, 2.45) is 11.8 Å². The molecule has 0 amide bonds. The first-order chi connectivity index (χ1) is 7.70. The van der Waals surface area contributed by atoms with Crippen molar-refractivity contribution in [2.45, 2.75) is 78.6 Å². The average Bonchev–Trinajstić information content (AvgIpc) is 2.26. The molecule has 0 aromatic rings. The Balaban J connectivity index is 3.30. The second-order valence-electron chi connectivity index (χ2n) is 5.39. The molecule has 0 saturated carbocycles. The quantitative estimate of drug-likeness (QED) is 0.358. The summed E-state index contributed by atoms with van der Waals surface area (Å²) >= 11 is 0. The van der Waals surface area contributed by atoms with Crippen LogP contribution in [0.2, 0.25) is 0 Å². The van der Waals surface area contributed by atoms with Crippen molar-refractivity contribution in [1.82, 2.24) is 0 Å². The molecule has 0 aliphatic rings. The van der Waals surface area contributed by atoms with Gasteiger partial charge in [-0.05, 0) is 11.8 Å². The van der Waals surface area contributed by atoms with Gasteiger partial charge in [-0.2, -0.15) is 0 Å². The van der Waals surface area contributed by atoms with Crippen LogP contribution < -0.4 is 0 Å². The Morgan fingerprint density at radius 2 is 1.50 bits per heavy atom. The van der Waals surface area contributed by atoms with Gasteiger partial charge in [-0.1, -0.05) is 72.1 Å². The minimum atomic E-state index is 0.583. The van der Waals surface area contributed by atoms with Gasteiger partial charge in [-0.3, -0.25) is 0 Å². The van der Waals surface area contributed by atoms with Gasteiger partial charge in [0.2, 0.25) is 0 Å². The van der Waals surface area contributed by atoms with Crippen LogP contribution in [0.15, 0.2) is 0 Å². The van der Waals surface area contributed by atoms with E-state index in [1.807, 2.05) is 0 Å². The first kappa shape index (κ1) is 15.7. The highest BCUT2D eigenvalue weighted by molar-refractivity contribution is 5.49. The minimum absolute atomic E-state index is 0.583. The average molecular weight is 226 g/mol. The number of carbonyl (C=O) groups is 1. The molecule has 96 valence electrons. The highest BCUT2D eigenvalue weighted by Gasteiger charge is 2.06. The fraction of sp³-hybridized carbons (Fsp3) is 0.933. The highest BCUT2D eigenvalue weighted by atomic mass is 16.1. The number of aldehydes is 1. The Kier molecular flexibility index (Phi) is 10.9. The predicted molar refractivity (Wildman–Crippen MR) is 71.6 cm³/mol. The molecule has 0 aromatic carbocycles. The number of carbonyl (C=O) groups excluding carboxylic acids is 1. The molecule has 0 saturated heterocycles. The Bertz CT molecular complexity index is 154. The number of unbranched alkanes of at least 4 members (excludes halogenated alkanes) is 4. The summed E-state index contributed by atoms with van der Waals surface area (Å²) in [5.41, 5.74) is 0. The number of rotatable bonds is 11. The molecule has 2 atom stereocenters. The van der Waals surface area contributed by atoms with Crippen LogP contribution in [-0.4, -0.2) is 6.29 Å². The molecular weight excluding hydrogens is 196 g/mol. The van der Waals surface area contributed by atoms with Crippen LogP contribution in [0.1, 0.15) is 78.6 Å². The second kappa shape index (κ2) is 11.2. The second-order valence-corrected chi connectivity index (χ2v) is 5.39. The molecule has 16 heavy (non-hydrogen) atoms. The van der Waals surface area contributed by atoms with Crippen LogP contribution in [0.5, 0.6) is 0 Å². The predicted octanol–water partition coefficient (Wildman–Crippen LogP) is 4.99. The van der Waals surface area contributed by atoms with Gasteiger partial charge in [0.15, 0.2) is 0 Å². The Morgan fingerprint density at radius 1 is 0.875 bits per heavy atom. The van der Waals surface area contributed by atoms with Crippen molar-refractivity contribution in [3.63, 3.8) is 0 Å². The zero-order valence-electron chi connectivity index (χ0n) is 11.5. The molecule has 1 nitrogen and oxygen atoms in total. The third-order valence-electron chi connectivity index (χ3n) is 3.45. The smallest absolute Gasteiger partial charge is 0.120 e. The maximum absolute atomic E-state index is 10.3. The Morgan fingerprint density at radius 3 is 2.12 bits per heavy atom. The van der Waals surface area contributed by atoms with E-state index in [-0.39, 0.29) is 0 Å². The summed E-state index contributed by atoms with van der Waals surface area (Å²) < 4.78 is 0. The van der Waals surface area contributed by atoms with Gasteiger partial charge in [0, 0.05) is 6.42 Å². The molecule has 0 radical (unpaired) electrons. The molecular formula is C15H30O. The maximum atomic E-state index is 10.3. The molecule has 0 bridgehead atoms.